The van der Waals surface area contributed by atoms with E-state index in [1.54, 1.807) is 0 Å². The SMILES string of the molecule is CCCCCCCCCCCCCCCCCCCCC(=O)OCC(COC(=O)CCCCCCCCCCCC)OC(=O)CCCCCCCCCCCCCCCCCCCC. The predicted molar refractivity (Wildman–Crippen MR) is 275 cm³/mol. The molecule has 0 aromatic rings. The van der Waals surface area contributed by atoms with Gasteiger partial charge in [0.05, 0.1) is 0 Å². The van der Waals surface area contributed by atoms with Crippen LogP contribution in [0.5, 0.6) is 0 Å². The second-order valence-corrected chi connectivity index (χ2v) is 19.9. The van der Waals surface area contributed by atoms with Gasteiger partial charge in [-0.15, -0.1) is 0 Å². The Morgan fingerprint density at radius 2 is 0.422 bits per heavy atom. The van der Waals surface area contributed by atoms with E-state index in [9.17, 15) is 14.4 Å². The fourth-order valence-corrected chi connectivity index (χ4v) is 8.98. The van der Waals surface area contributed by atoms with E-state index < -0.39 is 6.10 Å². The molecular weight excluding hydrogens is 793 g/mol. The molecule has 1 atom stereocenters. The van der Waals surface area contributed by atoms with Crippen molar-refractivity contribution in [2.45, 2.75) is 341 Å². The fraction of sp³-hybridized carbons (Fsp3) is 0.948. The van der Waals surface area contributed by atoms with Crippen LogP contribution in [0.4, 0.5) is 0 Å². The molecular formula is C58H112O6. The van der Waals surface area contributed by atoms with Crippen LogP contribution in [0, 0.1) is 0 Å². The van der Waals surface area contributed by atoms with Gasteiger partial charge in [-0.1, -0.05) is 297 Å². The van der Waals surface area contributed by atoms with Crippen LogP contribution < -0.4 is 0 Å². The molecule has 0 radical (unpaired) electrons. The van der Waals surface area contributed by atoms with Crippen molar-refractivity contribution in [2.24, 2.45) is 0 Å². The van der Waals surface area contributed by atoms with Gasteiger partial charge in [0, 0.05) is 19.3 Å². The Labute approximate surface area is 399 Å². The van der Waals surface area contributed by atoms with Gasteiger partial charge in [-0.25, -0.2) is 0 Å². The van der Waals surface area contributed by atoms with Gasteiger partial charge >= 0.3 is 17.9 Å². The lowest BCUT2D eigenvalue weighted by Gasteiger charge is -2.18. The van der Waals surface area contributed by atoms with Crippen LogP contribution in [0.25, 0.3) is 0 Å². The maximum Gasteiger partial charge on any atom is 0.306 e. The minimum absolute atomic E-state index is 0.0612. The molecule has 0 aliphatic carbocycles. The van der Waals surface area contributed by atoms with Gasteiger partial charge in [-0.3, -0.25) is 14.4 Å². The molecule has 0 amide bonds. The number of carbonyl (C=O) groups excluding carboxylic acids is 3. The molecule has 0 spiro atoms. The third-order valence-electron chi connectivity index (χ3n) is 13.4. The summed E-state index contributed by atoms with van der Waals surface area (Å²) in [7, 11) is 0. The van der Waals surface area contributed by atoms with E-state index in [1.165, 1.54) is 238 Å². The highest BCUT2D eigenvalue weighted by molar-refractivity contribution is 5.71. The Morgan fingerprint density at radius 1 is 0.250 bits per heavy atom. The average Bonchev–Trinajstić information content (AvgIpc) is 3.29. The smallest absolute Gasteiger partial charge is 0.306 e. The molecule has 6 heteroatoms. The Bertz CT molecular complexity index is 951. The number of carbonyl (C=O) groups is 3. The normalized spacial score (nSPS) is 11.9. The molecule has 380 valence electrons. The first-order chi connectivity index (χ1) is 31.5. The lowest BCUT2D eigenvalue weighted by atomic mass is 10.0. The molecule has 0 aromatic heterocycles. The number of ether oxygens (including phenoxy) is 3. The third-order valence-corrected chi connectivity index (χ3v) is 13.4. The largest absolute Gasteiger partial charge is 0.462 e. The van der Waals surface area contributed by atoms with Crippen molar-refractivity contribution in [2.75, 3.05) is 13.2 Å². The molecule has 0 N–H and O–H groups in total. The van der Waals surface area contributed by atoms with Crippen LogP contribution in [0.2, 0.25) is 0 Å². The summed E-state index contributed by atoms with van der Waals surface area (Å²) < 4.78 is 16.9. The summed E-state index contributed by atoms with van der Waals surface area (Å²) in [6.45, 7) is 6.70. The lowest BCUT2D eigenvalue weighted by Crippen LogP contribution is -2.30. The summed E-state index contributed by atoms with van der Waals surface area (Å²) >= 11 is 0. The Hall–Kier alpha value is -1.59. The topological polar surface area (TPSA) is 78.9 Å². The molecule has 0 fully saturated rings. The van der Waals surface area contributed by atoms with Crippen LogP contribution in [-0.4, -0.2) is 37.2 Å². The Kier molecular flexibility index (Phi) is 52.7. The van der Waals surface area contributed by atoms with E-state index in [1.807, 2.05) is 0 Å². The molecule has 0 aliphatic heterocycles. The van der Waals surface area contributed by atoms with E-state index in [4.69, 9.17) is 14.2 Å². The summed E-state index contributed by atoms with van der Waals surface area (Å²) in [5, 5.41) is 0. The van der Waals surface area contributed by atoms with E-state index in [0.29, 0.717) is 19.3 Å². The summed E-state index contributed by atoms with van der Waals surface area (Å²) in [4.78, 5) is 38.1. The van der Waals surface area contributed by atoms with Crippen LogP contribution in [0.15, 0.2) is 0 Å². The van der Waals surface area contributed by atoms with E-state index in [2.05, 4.69) is 20.8 Å². The Morgan fingerprint density at radius 3 is 0.625 bits per heavy atom. The number of unbranched alkanes of at least 4 members (excludes halogenated alkanes) is 43. The summed E-state index contributed by atoms with van der Waals surface area (Å²) in [5.74, 6) is -0.834. The van der Waals surface area contributed by atoms with Crippen molar-refractivity contribution in [3.05, 3.63) is 0 Å². The van der Waals surface area contributed by atoms with E-state index in [0.717, 1.165) is 57.8 Å². The highest BCUT2D eigenvalue weighted by Crippen LogP contribution is 2.18. The fourth-order valence-electron chi connectivity index (χ4n) is 8.98. The maximum absolute atomic E-state index is 12.8. The van der Waals surface area contributed by atoms with Crippen LogP contribution in [-0.2, 0) is 28.6 Å². The van der Waals surface area contributed by atoms with Gasteiger partial charge in [0.1, 0.15) is 13.2 Å². The molecule has 0 aromatic carbocycles. The molecule has 0 saturated heterocycles. The molecule has 0 aliphatic rings. The van der Waals surface area contributed by atoms with Crippen molar-refractivity contribution in [1.29, 1.82) is 0 Å². The van der Waals surface area contributed by atoms with Gasteiger partial charge in [0.25, 0.3) is 0 Å². The van der Waals surface area contributed by atoms with Crippen LogP contribution >= 0.6 is 0 Å². The van der Waals surface area contributed by atoms with Crippen molar-refractivity contribution in [3.8, 4) is 0 Å². The standard InChI is InChI=1S/C58H112O6/c1-4-7-10-13-16-19-22-24-26-28-30-32-34-36-39-42-45-48-51-57(60)63-54-55(53-62-56(59)50-47-44-41-38-21-18-15-12-9-6-3)64-58(61)52-49-46-43-40-37-35-33-31-29-27-25-23-20-17-14-11-8-5-2/h55H,4-54H2,1-3H3. The highest BCUT2D eigenvalue weighted by atomic mass is 16.6. The zero-order valence-electron chi connectivity index (χ0n) is 43.6. The molecule has 0 heterocycles. The van der Waals surface area contributed by atoms with Crippen LogP contribution in [0.1, 0.15) is 335 Å². The molecule has 1 unspecified atom stereocenters. The van der Waals surface area contributed by atoms with Crippen molar-refractivity contribution < 1.29 is 28.6 Å². The number of esters is 3. The first kappa shape index (κ1) is 62.4. The lowest BCUT2D eigenvalue weighted by molar-refractivity contribution is -0.167. The summed E-state index contributed by atoms with van der Waals surface area (Å²) in [6, 6.07) is 0. The highest BCUT2D eigenvalue weighted by Gasteiger charge is 2.19. The van der Waals surface area contributed by atoms with Crippen molar-refractivity contribution in [1.82, 2.24) is 0 Å². The summed E-state index contributed by atoms with van der Waals surface area (Å²) in [5.41, 5.74) is 0. The van der Waals surface area contributed by atoms with Crippen molar-refractivity contribution in [3.63, 3.8) is 0 Å². The minimum Gasteiger partial charge on any atom is -0.462 e. The molecule has 6 nitrogen and oxygen atoms in total. The predicted octanol–water partition coefficient (Wildman–Crippen LogP) is 19.2. The van der Waals surface area contributed by atoms with Gasteiger partial charge in [-0.2, -0.15) is 0 Å². The van der Waals surface area contributed by atoms with Gasteiger partial charge < -0.3 is 14.2 Å². The Balaban J connectivity index is 4.22. The first-order valence-electron chi connectivity index (χ1n) is 29.0. The second-order valence-electron chi connectivity index (χ2n) is 19.9. The van der Waals surface area contributed by atoms with Gasteiger partial charge in [-0.05, 0) is 19.3 Å². The molecule has 64 heavy (non-hydrogen) atoms. The second kappa shape index (κ2) is 54.0. The zero-order valence-corrected chi connectivity index (χ0v) is 43.6. The third kappa shape index (κ3) is 51.4. The first-order valence-corrected chi connectivity index (χ1v) is 29.0. The molecule has 0 rings (SSSR count). The number of hydrogen-bond donors (Lipinski definition) is 0. The van der Waals surface area contributed by atoms with E-state index >= 15 is 0 Å². The van der Waals surface area contributed by atoms with Gasteiger partial charge in [0.2, 0.25) is 0 Å². The van der Waals surface area contributed by atoms with Crippen molar-refractivity contribution >= 4 is 17.9 Å². The average molecular weight is 906 g/mol. The van der Waals surface area contributed by atoms with Crippen LogP contribution in [0.3, 0.4) is 0 Å². The zero-order chi connectivity index (χ0) is 46.5. The maximum atomic E-state index is 12.8. The molecule has 0 saturated carbocycles. The molecule has 0 bridgehead atoms. The summed E-state index contributed by atoms with van der Waals surface area (Å²) in [6.07, 6.45) is 59.5. The number of rotatable bonds is 54. The monoisotopic (exact) mass is 905 g/mol. The number of hydrogen-bond acceptors (Lipinski definition) is 6. The minimum atomic E-state index is -0.760. The van der Waals surface area contributed by atoms with Gasteiger partial charge in [0.15, 0.2) is 6.10 Å². The van der Waals surface area contributed by atoms with E-state index in [-0.39, 0.29) is 31.1 Å². The quantitative estimate of drug-likeness (QED) is 0.0344.